The number of carbonyl (C=O) groups is 1. The van der Waals surface area contributed by atoms with E-state index in [0.717, 1.165) is 39.0 Å². The standard InChI is InChI=1S/C21H16N4O/c26-21-16-2-1-3-17-18(16)20(23-12-24-21)19(25-17)15-6-4-13(5-7-15)14-8-10-22-11-9-14/h1-11,23,25H,12H2,(H,24,26). The van der Waals surface area contributed by atoms with Crippen molar-refractivity contribution in [3.05, 3.63) is 72.6 Å². The first-order valence-corrected chi connectivity index (χ1v) is 8.49. The number of benzene rings is 2. The molecule has 4 aromatic rings. The van der Waals surface area contributed by atoms with Crippen LogP contribution in [0.15, 0.2) is 67.0 Å². The highest BCUT2D eigenvalue weighted by Gasteiger charge is 2.21. The van der Waals surface area contributed by atoms with E-state index in [9.17, 15) is 4.79 Å². The van der Waals surface area contributed by atoms with Gasteiger partial charge in [0.2, 0.25) is 0 Å². The summed E-state index contributed by atoms with van der Waals surface area (Å²) in [6.45, 7) is 0.405. The summed E-state index contributed by atoms with van der Waals surface area (Å²) in [7, 11) is 0. The Kier molecular flexibility index (Phi) is 3.25. The number of aromatic nitrogens is 2. The first-order valence-electron chi connectivity index (χ1n) is 8.49. The van der Waals surface area contributed by atoms with Gasteiger partial charge in [0.05, 0.1) is 23.6 Å². The molecule has 1 aliphatic heterocycles. The van der Waals surface area contributed by atoms with Crippen LogP contribution < -0.4 is 10.6 Å². The Labute approximate surface area is 150 Å². The molecule has 0 radical (unpaired) electrons. The topological polar surface area (TPSA) is 69.8 Å². The molecular formula is C21H16N4O. The molecule has 0 spiro atoms. The minimum Gasteiger partial charge on any atom is -0.366 e. The fourth-order valence-corrected chi connectivity index (χ4v) is 3.51. The number of amides is 1. The Bertz CT molecular complexity index is 1110. The quantitative estimate of drug-likeness (QED) is 0.516. The lowest BCUT2D eigenvalue weighted by molar-refractivity contribution is 0.0959. The highest BCUT2D eigenvalue weighted by Crippen LogP contribution is 2.38. The van der Waals surface area contributed by atoms with E-state index in [1.165, 1.54) is 0 Å². The lowest BCUT2D eigenvalue weighted by Gasteiger charge is -2.08. The van der Waals surface area contributed by atoms with Gasteiger partial charge in [0, 0.05) is 28.9 Å². The van der Waals surface area contributed by atoms with Crippen LogP contribution in [0.3, 0.4) is 0 Å². The molecule has 3 N–H and O–H groups in total. The third kappa shape index (κ3) is 2.25. The van der Waals surface area contributed by atoms with Crippen LogP contribution in [0.2, 0.25) is 0 Å². The van der Waals surface area contributed by atoms with Gasteiger partial charge in [-0.05, 0) is 35.4 Å². The molecule has 2 aromatic carbocycles. The molecule has 3 heterocycles. The van der Waals surface area contributed by atoms with Crippen molar-refractivity contribution in [3.8, 4) is 22.4 Å². The van der Waals surface area contributed by atoms with Crippen LogP contribution in [0.4, 0.5) is 5.69 Å². The second kappa shape index (κ2) is 5.74. The third-order valence-corrected chi connectivity index (χ3v) is 4.77. The summed E-state index contributed by atoms with van der Waals surface area (Å²) in [6, 6.07) is 18.1. The average Bonchev–Trinajstić information content (AvgIpc) is 2.98. The fraction of sp³-hybridized carbons (Fsp3) is 0.0476. The summed E-state index contributed by atoms with van der Waals surface area (Å²) in [5.74, 6) is -0.0552. The van der Waals surface area contributed by atoms with Crippen LogP contribution in [0.25, 0.3) is 33.3 Å². The number of rotatable bonds is 2. The van der Waals surface area contributed by atoms with Gasteiger partial charge in [0.15, 0.2) is 0 Å². The highest BCUT2D eigenvalue weighted by atomic mass is 16.1. The van der Waals surface area contributed by atoms with E-state index >= 15 is 0 Å². The number of aromatic amines is 1. The highest BCUT2D eigenvalue weighted by molar-refractivity contribution is 6.15. The summed E-state index contributed by atoms with van der Waals surface area (Å²) in [4.78, 5) is 19.8. The number of pyridine rings is 1. The van der Waals surface area contributed by atoms with Crippen molar-refractivity contribution >= 4 is 22.5 Å². The van der Waals surface area contributed by atoms with Crippen molar-refractivity contribution in [2.75, 3.05) is 12.0 Å². The predicted molar refractivity (Wildman–Crippen MR) is 103 cm³/mol. The van der Waals surface area contributed by atoms with Crippen molar-refractivity contribution < 1.29 is 4.79 Å². The Morgan fingerprint density at radius 3 is 2.35 bits per heavy atom. The first kappa shape index (κ1) is 14.7. The van der Waals surface area contributed by atoms with Gasteiger partial charge in [-0.3, -0.25) is 9.78 Å². The fourth-order valence-electron chi connectivity index (χ4n) is 3.51. The minimum absolute atomic E-state index is 0.0552. The Morgan fingerprint density at radius 2 is 1.54 bits per heavy atom. The number of H-pyrrole nitrogens is 1. The molecule has 0 saturated heterocycles. The average molecular weight is 340 g/mol. The zero-order chi connectivity index (χ0) is 17.5. The summed E-state index contributed by atoms with van der Waals surface area (Å²) >= 11 is 0. The molecule has 0 fully saturated rings. The largest absolute Gasteiger partial charge is 0.366 e. The van der Waals surface area contributed by atoms with Crippen LogP contribution in [0.5, 0.6) is 0 Å². The van der Waals surface area contributed by atoms with Crippen molar-refractivity contribution in [2.24, 2.45) is 0 Å². The Balaban J connectivity index is 1.64. The zero-order valence-corrected chi connectivity index (χ0v) is 13.9. The molecule has 5 nitrogen and oxygen atoms in total. The summed E-state index contributed by atoms with van der Waals surface area (Å²) < 4.78 is 0. The minimum atomic E-state index is -0.0552. The lowest BCUT2D eigenvalue weighted by Crippen LogP contribution is -2.26. The summed E-state index contributed by atoms with van der Waals surface area (Å²) in [6.07, 6.45) is 3.59. The smallest absolute Gasteiger partial charge is 0.253 e. The van der Waals surface area contributed by atoms with Crippen molar-refractivity contribution in [3.63, 3.8) is 0 Å². The number of nitrogens with zero attached hydrogens (tertiary/aromatic N) is 1. The second-order valence-electron chi connectivity index (χ2n) is 6.28. The van der Waals surface area contributed by atoms with Crippen LogP contribution in [0, 0.1) is 0 Å². The lowest BCUT2D eigenvalue weighted by atomic mass is 10.0. The molecule has 1 amide bonds. The monoisotopic (exact) mass is 340 g/mol. The maximum atomic E-state index is 12.3. The van der Waals surface area contributed by atoms with Gasteiger partial charge >= 0.3 is 0 Å². The van der Waals surface area contributed by atoms with E-state index in [0.29, 0.717) is 12.2 Å². The van der Waals surface area contributed by atoms with Crippen molar-refractivity contribution in [2.45, 2.75) is 0 Å². The van der Waals surface area contributed by atoms with Crippen molar-refractivity contribution in [1.82, 2.24) is 15.3 Å². The van der Waals surface area contributed by atoms with Gasteiger partial charge in [0.25, 0.3) is 5.91 Å². The molecule has 26 heavy (non-hydrogen) atoms. The zero-order valence-electron chi connectivity index (χ0n) is 13.9. The number of anilines is 1. The normalized spacial score (nSPS) is 13.2. The predicted octanol–water partition coefficient (Wildman–Crippen LogP) is 4.01. The van der Waals surface area contributed by atoms with Crippen LogP contribution >= 0.6 is 0 Å². The van der Waals surface area contributed by atoms with E-state index in [1.54, 1.807) is 12.4 Å². The van der Waals surface area contributed by atoms with Crippen LogP contribution in [-0.4, -0.2) is 22.5 Å². The number of hydrogen-bond acceptors (Lipinski definition) is 3. The van der Waals surface area contributed by atoms with Gasteiger partial charge in [-0.1, -0.05) is 30.3 Å². The van der Waals surface area contributed by atoms with E-state index in [1.807, 2.05) is 30.3 Å². The Hall–Kier alpha value is -3.60. The number of carbonyl (C=O) groups excluding carboxylic acids is 1. The van der Waals surface area contributed by atoms with Gasteiger partial charge in [-0.2, -0.15) is 0 Å². The summed E-state index contributed by atoms with van der Waals surface area (Å²) in [5, 5.41) is 7.16. The van der Waals surface area contributed by atoms with E-state index < -0.39 is 0 Å². The summed E-state index contributed by atoms with van der Waals surface area (Å²) in [5.41, 5.74) is 6.95. The van der Waals surface area contributed by atoms with Gasteiger partial charge in [-0.25, -0.2) is 0 Å². The van der Waals surface area contributed by atoms with Crippen LogP contribution in [0.1, 0.15) is 10.4 Å². The molecule has 0 unspecified atom stereocenters. The number of hydrogen-bond donors (Lipinski definition) is 3. The molecule has 1 aliphatic rings. The van der Waals surface area contributed by atoms with E-state index in [4.69, 9.17) is 0 Å². The molecule has 0 bridgehead atoms. The first-order chi connectivity index (χ1) is 12.8. The Morgan fingerprint density at radius 1 is 0.808 bits per heavy atom. The molecule has 0 atom stereocenters. The molecular weight excluding hydrogens is 324 g/mol. The molecule has 0 saturated carbocycles. The maximum absolute atomic E-state index is 12.3. The van der Waals surface area contributed by atoms with E-state index in [2.05, 4.69) is 44.9 Å². The van der Waals surface area contributed by atoms with Gasteiger partial charge in [-0.15, -0.1) is 0 Å². The molecule has 126 valence electrons. The van der Waals surface area contributed by atoms with Crippen LogP contribution in [-0.2, 0) is 0 Å². The molecule has 5 rings (SSSR count). The third-order valence-electron chi connectivity index (χ3n) is 4.77. The molecule has 0 aliphatic carbocycles. The van der Waals surface area contributed by atoms with E-state index in [-0.39, 0.29) is 5.91 Å². The number of nitrogens with one attached hydrogen (secondary N) is 3. The second-order valence-corrected chi connectivity index (χ2v) is 6.28. The van der Waals surface area contributed by atoms with Gasteiger partial charge in [0.1, 0.15) is 0 Å². The van der Waals surface area contributed by atoms with Crippen molar-refractivity contribution in [1.29, 1.82) is 0 Å². The van der Waals surface area contributed by atoms with Gasteiger partial charge < -0.3 is 15.6 Å². The molecule has 5 heteroatoms. The SMILES string of the molecule is O=C1NCNc2c(-c3ccc(-c4ccncc4)cc3)[nH]c3cccc1c23. The molecule has 2 aromatic heterocycles. The maximum Gasteiger partial charge on any atom is 0.253 e.